The molecule has 0 bridgehead atoms. The molecule has 1 aliphatic rings. The second-order valence-electron chi connectivity index (χ2n) is 6.17. The fourth-order valence-electron chi connectivity index (χ4n) is 3.13. The van der Waals surface area contributed by atoms with Gasteiger partial charge >= 0.3 is 5.69 Å². The van der Waals surface area contributed by atoms with Gasteiger partial charge in [-0.15, -0.1) is 0 Å². The van der Waals surface area contributed by atoms with Crippen molar-refractivity contribution in [1.29, 1.82) is 0 Å². The number of aromatic hydroxyl groups is 1. The molecule has 2 aromatic rings. The molecule has 1 N–H and O–H groups in total. The van der Waals surface area contributed by atoms with Gasteiger partial charge in [-0.1, -0.05) is 17.7 Å². The Balaban J connectivity index is 1.68. The molecule has 1 aliphatic heterocycles. The van der Waals surface area contributed by atoms with Gasteiger partial charge in [0.1, 0.15) is 0 Å². The zero-order chi connectivity index (χ0) is 18.7. The molecule has 0 aromatic heterocycles. The van der Waals surface area contributed by atoms with E-state index in [1.165, 1.54) is 13.2 Å². The summed E-state index contributed by atoms with van der Waals surface area (Å²) in [5.74, 6) is -0.321. The lowest BCUT2D eigenvalue weighted by atomic mass is 10.1. The highest BCUT2D eigenvalue weighted by Gasteiger charge is 2.22. The van der Waals surface area contributed by atoms with E-state index in [0.717, 1.165) is 37.4 Å². The predicted molar refractivity (Wildman–Crippen MR) is 100 cm³/mol. The molecule has 0 saturated carbocycles. The summed E-state index contributed by atoms with van der Waals surface area (Å²) in [4.78, 5) is 15.0. The molecule has 26 heavy (non-hydrogen) atoms. The van der Waals surface area contributed by atoms with Crippen LogP contribution in [0.3, 0.4) is 0 Å². The molecule has 7 nitrogen and oxygen atoms in total. The highest BCUT2D eigenvalue weighted by molar-refractivity contribution is 6.30. The second-order valence-corrected chi connectivity index (χ2v) is 6.60. The maximum absolute atomic E-state index is 11.1. The number of nitro benzene ring substituents is 1. The number of ether oxygens (including phenoxy) is 1. The summed E-state index contributed by atoms with van der Waals surface area (Å²) in [7, 11) is 1.38. The van der Waals surface area contributed by atoms with Crippen LogP contribution in [0, 0.1) is 10.1 Å². The molecule has 1 saturated heterocycles. The molecule has 0 atom stereocenters. The van der Waals surface area contributed by atoms with Gasteiger partial charge in [-0.2, -0.15) is 0 Å². The van der Waals surface area contributed by atoms with E-state index in [1.54, 1.807) is 6.07 Å². The third-order valence-corrected chi connectivity index (χ3v) is 4.72. The van der Waals surface area contributed by atoms with Crippen LogP contribution in [0.2, 0.25) is 5.02 Å². The van der Waals surface area contributed by atoms with Crippen molar-refractivity contribution in [2.75, 3.05) is 38.2 Å². The Labute approximate surface area is 156 Å². The largest absolute Gasteiger partial charge is 0.500 e. The Morgan fingerprint density at radius 1 is 1.23 bits per heavy atom. The third kappa shape index (κ3) is 4.00. The van der Waals surface area contributed by atoms with Crippen LogP contribution in [0.5, 0.6) is 11.5 Å². The number of piperazine rings is 1. The zero-order valence-corrected chi connectivity index (χ0v) is 15.1. The number of nitrogens with zero attached hydrogens (tertiary/aromatic N) is 3. The number of rotatable bonds is 5. The Hall–Kier alpha value is -2.51. The van der Waals surface area contributed by atoms with Gasteiger partial charge < -0.3 is 14.7 Å². The van der Waals surface area contributed by atoms with Gasteiger partial charge in [-0.3, -0.25) is 15.0 Å². The number of phenolic OH excluding ortho intramolecular Hbond substituents is 1. The fraction of sp³-hybridized carbons (Fsp3) is 0.333. The van der Waals surface area contributed by atoms with Crippen LogP contribution in [-0.4, -0.2) is 48.2 Å². The number of hydrogen-bond donors (Lipinski definition) is 1. The van der Waals surface area contributed by atoms with Crippen molar-refractivity contribution in [3.05, 3.63) is 57.1 Å². The molecule has 0 amide bonds. The summed E-state index contributed by atoms with van der Waals surface area (Å²) in [5.41, 5.74) is 1.50. The quantitative estimate of drug-likeness (QED) is 0.636. The Morgan fingerprint density at radius 2 is 1.96 bits per heavy atom. The van der Waals surface area contributed by atoms with E-state index in [-0.39, 0.29) is 11.4 Å². The Bertz CT molecular complexity index is 807. The monoisotopic (exact) mass is 377 g/mol. The minimum Gasteiger partial charge on any atom is -0.500 e. The van der Waals surface area contributed by atoms with Gasteiger partial charge in [-0.05, 0) is 29.8 Å². The normalized spacial score (nSPS) is 15.1. The first-order chi connectivity index (χ1) is 12.5. The number of methoxy groups -OCH3 is 1. The summed E-state index contributed by atoms with van der Waals surface area (Å²) < 4.78 is 5.06. The van der Waals surface area contributed by atoms with E-state index in [9.17, 15) is 15.2 Å². The van der Waals surface area contributed by atoms with Crippen LogP contribution in [0.4, 0.5) is 11.4 Å². The van der Waals surface area contributed by atoms with Crippen LogP contribution < -0.4 is 9.64 Å². The average molecular weight is 378 g/mol. The molecule has 2 aromatic carbocycles. The summed E-state index contributed by atoms with van der Waals surface area (Å²) in [6.07, 6.45) is 0. The standard InChI is InChI=1S/C18H20ClN3O4/c1-26-17-10-13(9-16(18(17)23)22(24)25)12-20-5-7-21(8-6-20)15-4-2-3-14(19)11-15/h2-4,9-11,23H,5-8,12H2,1H3. The molecule has 1 heterocycles. The minimum atomic E-state index is -0.599. The van der Waals surface area contributed by atoms with Crippen LogP contribution >= 0.6 is 11.6 Å². The Kier molecular flexibility index (Phi) is 5.49. The topological polar surface area (TPSA) is 79.1 Å². The first kappa shape index (κ1) is 18.3. The van der Waals surface area contributed by atoms with Crippen LogP contribution in [0.15, 0.2) is 36.4 Å². The number of anilines is 1. The van der Waals surface area contributed by atoms with Crippen molar-refractivity contribution in [2.45, 2.75) is 6.54 Å². The lowest BCUT2D eigenvalue weighted by molar-refractivity contribution is -0.386. The molecular formula is C18H20ClN3O4. The summed E-state index contributed by atoms with van der Waals surface area (Å²) in [5, 5.41) is 21.7. The molecule has 0 spiro atoms. The van der Waals surface area contributed by atoms with E-state index in [0.29, 0.717) is 11.6 Å². The third-order valence-electron chi connectivity index (χ3n) is 4.48. The summed E-state index contributed by atoms with van der Waals surface area (Å²) >= 11 is 6.06. The van der Waals surface area contributed by atoms with Gasteiger partial charge in [0.25, 0.3) is 0 Å². The van der Waals surface area contributed by atoms with Crippen molar-refractivity contribution in [3.63, 3.8) is 0 Å². The van der Waals surface area contributed by atoms with Crippen molar-refractivity contribution in [1.82, 2.24) is 4.90 Å². The number of halogens is 1. The van der Waals surface area contributed by atoms with Crippen molar-refractivity contribution in [3.8, 4) is 11.5 Å². The summed E-state index contributed by atoms with van der Waals surface area (Å²) in [6.45, 7) is 3.89. The minimum absolute atomic E-state index is 0.117. The van der Waals surface area contributed by atoms with Crippen molar-refractivity contribution < 1.29 is 14.8 Å². The van der Waals surface area contributed by atoms with Crippen molar-refractivity contribution >= 4 is 23.0 Å². The van der Waals surface area contributed by atoms with Crippen molar-refractivity contribution in [2.24, 2.45) is 0 Å². The molecule has 0 unspecified atom stereocenters. The fourth-order valence-corrected chi connectivity index (χ4v) is 3.31. The summed E-state index contributed by atoms with van der Waals surface area (Å²) in [6, 6.07) is 10.8. The smallest absolute Gasteiger partial charge is 0.314 e. The molecule has 0 radical (unpaired) electrons. The lowest BCUT2D eigenvalue weighted by Gasteiger charge is -2.36. The van der Waals surface area contributed by atoms with E-state index < -0.39 is 10.7 Å². The van der Waals surface area contributed by atoms with E-state index in [2.05, 4.69) is 9.80 Å². The molecule has 0 aliphatic carbocycles. The SMILES string of the molecule is COc1cc(CN2CCN(c3cccc(Cl)c3)CC2)cc([N+](=O)[O-])c1O. The molecule has 3 rings (SSSR count). The molecular weight excluding hydrogens is 358 g/mol. The van der Waals surface area contributed by atoms with Gasteiger partial charge in [0.05, 0.1) is 12.0 Å². The van der Waals surface area contributed by atoms with E-state index in [4.69, 9.17) is 16.3 Å². The van der Waals surface area contributed by atoms with Gasteiger partial charge in [0, 0.05) is 49.5 Å². The van der Waals surface area contributed by atoms with Gasteiger partial charge in [0.15, 0.2) is 5.75 Å². The molecule has 8 heteroatoms. The Morgan fingerprint density at radius 3 is 2.58 bits per heavy atom. The lowest BCUT2D eigenvalue weighted by Crippen LogP contribution is -2.45. The maximum Gasteiger partial charge on any atom is 0.314 e. The van der Waals surface area contributed by atoms with Crippen LogP contribution in [-0.2, 0) is 6.54 Å². The number of benzene rings is 2. The van der Waals surface area contributed by atoms with Crippen LogP contribution in [0.25, 0.3) is 0 Å². The number of nitro groups is 1. The maximum atomic E-state index is 11.1. The predicted octanol–water partition coefficient (Wildman–Crippen LogP) is 3.28. The highest BCUT2D eigenvalue weighted by Crippen LogP contribution is 2.37. The van der Waals surface area contributed by atoms with Crippen LogP contribution in [0.1, 0.15) is 5.56 Å². The number of hydrogen-bond acceptors (Lipinski definition) is 6. The first-order valence-electron chi connectivity index (χ1n) is 8.25. The zero-order valence-electron chi connectivity index (χ0n) is 14.4. The molecule has 1 fully saturated rings. The number of phenols is 1. The second kappa shape index (κ2) is 7.80. The van der Waals surface area contributed by atoms with E-state index in [1.807, 2.05) is 24.3 Å². The molecule has 138 valence electrons. The van der Waals surface area contributed by atoms with Gasteiger partial charge in [-0.25, -0.2) is 0 Å². The average Bonchev–Trinajstić information content (AvgIpc) is 2.63. The highest BCUT2D eigenvalue weighted by atomic mass is 35.5. The van der Waals surface area contributed by atoms with Gasteiger partial charge in [0.2, 0.25) is 5.75 Å². The first-order valence-corrected chi connectivity index (χ1v) is 8.63. The van der Waals surface area contributed by atoms with E-state index >= 15 is 0 Å².